The number of benzene rings is 2. The maximum atomic E-state index is 5.92. The van der Waals surface area contributed by atoms with E-state index in [0.29, 0.717) is 18.3 Å². The van der Waals surface area contributed by atoms with E-state index in [2.05, 4.69) is 67.3 Å². The molecular formula is C22H27N7. The number of nitrogens with zero attached hydrogens (tertiary/aromatic N) is 5. The predicted octanol–water partition coefficient (Wildman–Crippen LogP) is 2.82. The van der Waals surface area contributed by atoms with Gasteiger partial charge in [0.05, 0.1) is 6.54 Å². The van der Waals surface area contributed by atoms with E-state index in [4.69, 9.17) is 5.73 Å². The van der Waals surface area contributed by atoms with Crippen LogP contribution in [0.1, 0.15) is 17.0 Å². The molecule has 1 aliphatic heterocycles. The Morgan fingerprint density at radius 1 is 0.828 bits per heavy atom. The lowest BCUT2D eigenvalue weighted by Gasteiger charge is -2.34. The van der Waals surface area contributed by atoms with Crippen molar-refractivity contribution in [2.75, 3.05) is 37.2 Å². The van der Waals surface area contributed by atoms with Crippen LogP contribution in [0.2, 0.25) is 0 Å². The third-order valence-electron chi connectivity index (χ3n) is 5.09. The highest BCUT2D eigenvalue weighted by molar-refractivity contribution is 5.54. The second-order valence-electron chi connectivity index (χ2n) is 7.46. The molecule has 0 unspecified atom stereocenters. The number of nitrogen functional groups attached to an aromatic ring is 1. The lowest BCUT2D eigenvalue weighted by Crippen LogP contribution is -2.45. The van der Waals surface area contributed by atoms with Gasteiger partial charge in [-0.25, -0.2) is 0 Å². The van der Waals surface area contributed by atoms with Crippen molar-refractivity contribution in [3.05, 3.63) is 71.5 Å². The summed E-state index contributed by atoms with van der Waals surface area (Å²) in [6.45, 7) is 7.76. The van der Waals surface area contributed by atoms with Gasteiger partial charge in [-0.1, -0.05) is 48.0 Å². The van der Waals surface area contributed by atoms with Crippen LogP contribution < -0.4 is 11.1 Å². The average Bonchev–Trinajstić information content (AvgIpc) is 2.72. The van der Waals surface area contributed by atoms with E-state index in [-0.39, 0.29) is 5.95 Å². The first kappa shape index (κ1) is 19.3. The molecule has 3 aromatic rings. The van der Waals surface area contributed by atoms with Gasteiger partial charge in [0.1, 0.15) is 5.82 Å². The largest absolute Gasteiger partial charge is 0.368 e. The smallest absolute Gasteiger partial charge is 0.232 e. The van der Waals surface area contributed by atoms with Crippen molar-refractivity contribution in [3.8, 4) is 0 Å². The number of aromatic nitrogens is 3. The Morgan fingerprint density at radius 3 is 2.17 bits per heavy atom. The van der Waals surface area contributed by atoms with Crippen LogP contribution in [0.4, 0.5) is 17.6 Å². The van der Waals surface area contributed by atoms with Crippen molar-refractivity contribution in [3.63, 3.8) is 0 Å². The van der Waals surface area contributed by atoms with Gasteiger partial charge in [-0.15, -0.1) is 0 Å². The Balaban J connectivity index is 1.33. The number of aryl methyl sites for hydroxylation is 1. The first-order valence-electron chi connectivity index (χ1n) is 9.97. The van der Waals surface area contributed by atoms with Crippen molar-refractivity contribution in [1.82, 2.24) is 24.8 Å². The SMILES string of the molecule is Cc1ccc(Nc2nc(N)nc(CN3CCN(Cc4ccccc4)CC3)n2)cc1. The van der Waals surface area contributed by atoms with Crippen LogP contribution in [0.3, 0.4) is 0 Å². The fourth-order valence-corrected chi connectivity index (χ4v) is 3.48. The molecule has 0 saturated carbocycles. The molecule has 0 radical (unpaired) electrons. The highest BCUT2D eigenvalue weighted by Gasteiger charge is 2.18. The first-order chi connectivity index (χ1) is 14.1. The molecule has 0 bridgehead atoms. The van der Waals surface area contributed by atoms with Crippen LogP contribution in [-0.2, 0) is 13.1 Å². The van der Waals surface area contributed by atoms with Crippen LogP contribution in [0, 0.1) is 6.92 Å². The Labute approximate surface area is 171 Å². The van der Waals surface area contributed by atoms with E-state index >= 15 is 0 Å². The Kier molecular flexibility index (Phi) is 5.97. The van der Waals surface area contributed by atoms with Gasteiger partial charge in [-0.3, -0.25) is 9.80 Å². The number of rotatable bonds is 6. The standard InChI is InChI=1S/C22H27N7/c1-17-7-9-19(10-8-17)24-22-26-20(25-21(23)27-22)16-29-13-11-28(12-14-29)15-18-5-3-2-4-6-18/h2-10H,11-16H2,1H3,(H3,23,24,25,26,27). The van der Waals surface area contributed by atoms with Gasteiger partial charge in [0.15, 0.2) is 0 Å². The number of nitrogens with two attached hydrogens (primary N) is 1. The van der Waals surface area contributed by atoms with Crippen LogP contribution >= 0.6 is 0 Å². The summed E-state index contributed by atoms with van der Waals surface area (Å²) in [6.07, 6.45) is 0. The van der Waals surface area contributed by atoms with E-state index in [1.807, 2.05) is 24.3 Å². The number of hydrogen-bond acceptors (Lipinski definition) is 7. The molecule has 4 rings (SSSR count). The molecule has 3 N–H and O–H groups in total. The zero-order valence-electron chi connectivity index (χ0n) is 16.8. The highest BCUT2D eigenvalue weighted by atomic mass is 15.3. The van der Waals surface area contributed by atoms with Gasteiger partial charge in [-0.05, 0) is 24.6 Å². The molecule has 7 nitrogen and oxygen atoms in total. The number of hydrogen-bond donors (Lipinski definition) is 2. The third-order valence-corrected chi connectivity index (χ3v) is 5.09. The molecule has 1 aliphatic rings. The molecule has 0 amide bonds. The minimum atomic E-state index is 0.243. The monoisotopic (exact) mass is 389 g/mol. The van der Waals surface area contributed by atoms with E-state index < -0.39 is 0 Å². The zero-order chi connectivity index (χ0) is 20.1. The van der Waals surface area contributed by atoms with Crippen LogP contribution in [-0.4, -0.2) is 50.9 Å². The van der Waals surface area contributed by atoms with Crippen molar-refractivity contribution < 1.29 is 0 Å². The summed E-state index contributed by atoms with van der Waals surface area (Å²) in [4.78, 5) is 18.0. The number of anilines is 3. The van der Waals surface area contributed by atoms with E-state index in [1.54, 1.807) is 0 Å². The second kappa shape index (κ2) is 8.98. The van der Waals surface area contributed by atoms with Crippen LogP contribution in [0.15, 0.2) is 54.6 Å². The summed E-state index contributed by atoms with van der Waals surface area (Å²) in [6, 6.07) is 18.7. The molecule has 7 heteroatoms. The summed E-state index contributed by atoms with van der Waals surface area (Å²) in [5, 5.41) is 3.21. The molecule has 1 saturated heterocycles. The maximum absolute atomic E-state index is 5.92. The van der Waals surface area contributed by atoms with Crippen molar-refractivity contribution in [2.45, 2.75) is 20.0 Å². The van der Waals surface area contributed by atoms with Gasteiger partial charge in [0, 0.05) is 38.4 Å². The molecule has 29 heavy (non-hydrogen) atoms. The molecule has 0 atom stereocenters. The Morgan fingerprint density at radius 2 is 1.48 bits per heavy atom. The lowest BCUT2D eigenvalue weighted by molar-refractivity contribution is 0.120. The Hall–Kier alpha value is -3.03. The van der Waals surface area contributed by atoms with Crippen molar-refractivity contribution >= 4 is 17.6 Å². The van der Waals surface area contributed by atoms with E-state index in [1.165, 1.54) is 11.1 Å². The fourth-order valence-electron chi connectivity index (χ4n) is 3.48. The molecule has 1 aromatic heterocycles. The van der Waals surface area contributed by atoms with E-state index in [9.17, 15) is 0 Å². The summed E-state index contributed by atoms with van der Waals surface area (Å²) < 4.78 is 0. The van der Waals surface area contributed by atoms with Gasteiger partial charge >= 0.3 is 0 Å². The zero-order valence-corrected chi connectivity index (χ0v) is 16.8. The fraction of sp³-hybridized carbons (Fsp3) is 0.318. The van der Waals surface area contributed by atoms with Crippen LogP contribution in [0.25, 0.3) is 0 Å². The summed E-state index contributed by atoms with van der Waals surface area (Å²) >= 11 is 0. The van der Waals surface area contributed by atoms with Crippen molar-refractivity contribution in [1.29, 1.82) is 0 Å². The van der Waals surface area contributed by atoms with Gasteiger partial charge in [0.25, 0.3) is 0 Å². The van der Waals surface area contributed by atoms with Crippen LogP contribution in [0.5, 0.6) is 0 Å². The molecule has 0 aliphatic carbocycles. The first-order valence-corrected chi connectivity index (χ1v) is 9.97. The quantitative estimate of drug-likeness (QED) is 0.671. The summed E-state index contributed by atoms with van der Waals surface area (Å²) in [5.41, 5.74) is 9.42. The molecular weight excluding hydrogens is 362 g/mol. The third kappa shape index (κ3) is 5.49. The van der Waals surface area contributed by atoms with E-state index in [0.717, 1.165) is 38.4 Å². The topological polar surface area (TPSA) is 83.2 Å². The summed E-state index contributed by atoms with van der Waals surface area (Å²) in [5.74, 6) is 1.43. The van der Waals surface area contributed by atoms with Gasteiger partial charge < -0.3 is 11.1 Å². The highest BCUT2D eigenvalue weighted by Crippen LogP contribution is 2.15. The normalized spacial score (nSPS) is 15.3. The molecule has 2 aromatic carbocycles. The summed E-state index contributed by atoms with van der Waals surface area (Å²) in [7, 11) is 0. The lowest BCUT2D eigenvalue weighted by atomic mass is 10.2. The minimum Gasteiger partial charge on any atom is -0.368 e. The average molecular weight is 390 g/mol. The maximum Gasteiger partial charge on any atom is 0.232 e. The van der Waals surface area contributed by atoms with Crippen molar-refractivity contribution in [2.24, 2.45) is 0 Å². The number of piperazine rings is 1. The molecule has 1 fully saturated rings. The molecule has 150 valence electrons. The second-order valence-corrected chi connectivity index (χ2v) is 7.46. The van der Waals surface area contributed by atoms with Gasteiger partial charge in [0.2, 0.25) is 11.9 Å². The predicted molar refractivity (Wildman–Crippen MR) is 116 cm³/mol. The number of nitrogens with one attached hydrogen (secondary N) is 1. The minimum absolute atomic E-state index is 0.243. The van der Waals surface area contributed by atoms with Gasteiger partial charge in [-0.2, -0.15) is 15.0 Å². The Bertz CT molecular complexity index is 920. The molecule has 2 heterocycles. The molecule has 0 spiro atoms.